The Labute approximate surface area is 153 Å². The van der Waals surface area contributed by atoms with E-state index in [0.717, 1.165) is 15.7 Å². The van der Waals surface area contributed by atoms with Crippen molar-refractivity contribution >= 4 is 22.9 Å². The summed E-state index contributed by atoms with van der Waals surface area (Å²) in [7, 11) is 1.43. The number of nitrogens with zero attached hydrogens (tertiary/aromatic N) is 2. The third kappa shape index (κ3) is 3.37. The summed E-state index contributed by atoms with van der Waals surface area (Å²) in [6.45, 7) is 1.31. The van der Waals surface area contributed by atoms with Crippen LogP contribution in [0.2, 0.25) is 0 Å². The minimum absolute atomic E-state index is 0.213. The molecule has 1 amide bonds. The number of fused-ring (bicyclic) bond motifs is 1. The van der Waals surface area contributed by atoms with Crippen LogP contribution in [0, 0.1) is 6.92 Å². The quantitative estimate of drug-likeness (QED) is 0.641. The molecule has 0 aliphatic carbocycles. The number of carboxylic acid groups (broad SMARTS) is 1. The molecule has 0 spiro atoms. The highest BCUT2D eigenvalue weighted by molar-refractivity contribution is 6.02. The monoisotopic (exact) mass is 367 g/mol. The molecule has 0 atom stereocenters. The highest BCUT2D eigenvalue weighted by atomic mass is 16.4. The standard InChI is InChI=1S/C19H17N3O5/c1-10-3-5-11(6-4-10)13-8-7-12-16(25)15(18(26)20-9-14(23)24)19(27)22(2)17(12)21-13/h3-8,25H,9H2,1-2H3,(H,20,26)(H,23,24). The van der Waals surface area contributed by atoms with E-state index in [2.05, 4.69) is 10.3 Å². The smallest absolute Gasteiger partial charge is 0.322 e. The van der Waals surface area contributed by atoms with Crippen molar-refractivity contribution in [2.24, 2.45) is 7.05 Å². The average molecular weight is 367 g/mol. The molecule has 2 aromatic heterocycles. The van der Waals surface area contributed by atoms with E-state index in [1.807, 2.05) is 31.2 Å². The van der Waals surface area contributed by atoms with Crippen LogP contribution >= 0.6 is 0 Å². The van der Waals surface area contributed by atoms with Gasteiger partial charge in [-0.15, -0.1) is 0 Å². The number of amides is 1. The Morgan fingerprint density at radius 2 is 1.81 bits per heavy atom. The zero-order valence-corrected chi connectivity index (χ0v) is 14.7. The molecule has 0 bridgehead atoms. The fourth-order valence-electron chi connectivity index (χ4n) is 2.72. The molecule has 3 aromatic rings. The first-order valence-corrected chi connectivity index (χ1v) is 8.09. The number of carbonyl (C=O) groups excluding carboxylic acids is 1. The molecule has 0 saturated carbocycles. The van der Waals surface area contributed by atoms with Crippen LogP contribution in [0.1, 0.15) is 15.9 Å². The molecule has 27 heavy (non-hydrogen) atoms. The number of pyridine rings is 2. The van der Waals surface area contributed by atoms with Gasteiger partial charge in [-0.1, -0.05) is 29.8 Å². The van der Waals surface area contributed by atoms with Crippen molar-refractivity contribution < 1.29 is 19.8 Å². The van der Waals surface area contributed by atoms with Crippen molar-refractivity contribution in [3.63, 3.8) is 0 Å². The first-order chi connectivity index (χ1) is 12.8. The Bertz CT molecular complexity index is 1120. The predicted molar refractivity (Wildman–Crippen MR) is 98.8 cm³/mol. The second kappa shape index (κ2) is 6.91. The lowest BCUT2D eigenvalue weighted by Gasteiger charge is -2.12. The average Bonchev–Trinajstić information content (AvgIpc) is 2.65. The number of carbonyl (C=O) groups is 2. The van der Waals surface area contributed by atoms with Crippen molar-refractivity contribution in [3.05, 3.63) is 57.9 Å². The van der Waals surface area contributed by atoms with Gasteiger partial charge in [0.25, 0.3) is 11.5 Å². The van der Waals surface area contributed by atoms with Gasteiger partial charge in [-0.05, 0) is 19.1 Å². The fourth-order valence-corrected chi connectivity index (χ4v) is 2.72. The van der Waals surface area contributed by atoms with Crippen LogP contribution in [-0.4, -0.2) is 38.2 Å². The van der Waals surface area contributed by atoms with Crippen LogP contribution in [0.3, 0.4) is 0 Å². The van der Waals surface area contributed by atoms with E-state index in [9.17, 15) is 19.5 Å². The molecule has 0 saturated heterocycles. The van der Waals surface area contributed by atoms with Gasteiger partial charge < -0.3 is 15.5 Å². The van der Waals surface area contributed by atoms with E-state index in [4.69, 9.17) is 5.11 Å². The summed E-state index contributed by atoms with van der Waals surface area (Å²) in [4.78, 5) is 39.7. The molecule has 3 rings (SSSR count). The maximum Gasteiger partial charge on any atom is 0.322 e. The summed E-state index contributed by atoms with van der Waals surface area (Å²) in [6, 6.07) is 10.9. The van der Waals surface area contributed by atoms with Crippen molar-refractivity contribution in [3.8, 4) is 17.0 Å². The largest absolute Gasteiger partial charge is 0.506 e. The van der Waals surface area contributed by atoms with Gasteiger partial charge >= 0.3 is 5.97 Å². The summed E-state index contributed by atoms with van der Waals surface area (Å²) in [5, 5.41) is 21.4. The molecule has 0 fully saturated rings. The highest BCUT2D eigenvalue weighted by Gasteiger charge is 2.22. The van der Waals surface area contributed by atoms with Gasteiger partial charge in [0, 0.05) is 12.6 Å². The third-order valence-corrected chi connectivity index (χ3v) is 4.18. The number of carboxylic acids is 1. The molecule has 138 valence electrons. The maximum atomic E-state index is 12.5. The van der Waals surface area contributed by atoms with Gasteiger partial charge in [0.15, 0.2) is 0 Å². The summed E-state index contributed by atoms with van der Waals surface area (Å²) in [5.74, 6) is -2.75. The van der Waals surface area contributed by atoms with Gasteiger partial charge in [0.05, 0.1) is 11.1 Å². The first-order valence-electron chi connectivity index (χ1n) is 8.09. The molecular weight excluding hydrogens is 350 g/mol. The lowest BCUT2D eigenvalue weighted by Crippen LogP contribution is -2.35. The van der Waals surface area contributed by atoms with E-state index in [-0.39, 0.29) is 11.0 Å². The second-order valence-corrected chi connectivity index (χ2v) is 6.10. The number of hydrogen-bond acceptors (Lipinski definition) is 5. The van der Waals surface area contributed by atoms with Gasteiger partial charge in [-0.2, -0.15) is 0 Å². The summed E-state index contributed by atoms with van der Waals surface area (Å²) in [6.07, 6.45) is 0. The van der Waals surface area contributed by atoms with Crippen LogP contribution in [0.5, 0.6) is 5.75 Å². The van der Waals surface area contributed by atoms with Crippen LogP contribution in [-0.2, 0) is 11.8 Å². The molecule has 8 heteroatoms. The zero-order valence-electron chi connectivity index (χ0n) is 14.7. The SMILES string of the molecule is Cc1ccc(-c2ccc3c(O)c(C(=O)NCC(=O)O)c(=O)n(C)c3n2)cc1. The van der Waals surface area contributed by atoms with E-state index in [1.165, 1.54) is 7.05 Å². The van der Waals surface area contributed by atoms with E-state index >= 15 is 0 Å². The first kappa shape index (κ1) is 18.1. The molecule has 3 N–H and O–H groups in total. The van der Waals surface area contributed by atoms with Gasteiger partial charge in [-0.3, -0.25) is 19.0 Å². The molecule has 2 heterocycles. The number of aromatic hydroxyl groups is 1. The molecule has 8 nitrogen and oxygen atoms in total. The van der Waals surface area contributed by atoms with Crippen molar-refractivity contribution in [2.75, 3.05) is 6.54 Å². The summed E-state index contributed by atoms with van der Waals surface area (Å²) in [5.41, 5.74) is 1.48. The lowest BCUT2D eigenvalue weighted by atomic mass is 10.1. The third-order valence-electron chi connectivity index (χ3n) is 4.18. The van der Waals surface area contributed by atoms with Crippen LogP contribution in [0.4, 0.5) is 0 Å². The minimum Gasteiger partial charge on any atom is -0.506 e. The Balaban J connectivity index is 2.14. The van der Waals surface area contributed by atoms with Crippen LogP contribution in [0.25, 0.3) is 22.3 Å². The lowest BCUT2D eigenvalue weighted by molar-refractivity contribution is -0.135. The fraction of sp³-hybridized carbons (Fsp3) is 0.158. The molecule has 0 unspecified atom stereocenters. The van der Waals surface area contributed by atoms with Gasteiger partial charge in [0.1, 0.15) is 23.5 Å². The number of aromatic nitrogens is 2. The molecule has 1 aromatic carbocycles. The normalized spacial score (nSPS) is 10.7. The van der Waals surface area contributed by atoms with Crippen molar-refractivity contribution in [1.82, 2.24) is 14.9 Å². The topological polar surface area (TPSA) is 122 Å². The van der Waals surface area contributed by atoms with Crippen LogP contribution < -0.4 is 10.9 Å². The molecular formula is C19H17N3O5. The number of rotatable bonds is 4. The maximum absolute atomic E-state index is 12.5. The number of aliphatic carboxylic acids is 1. The number of aryl methyl sites for hydroxylation is 2. The minimum atomic E-state index is -1.26. The predicted octanol–water partition coefficient (Wildman–Crippen LogP) is 1.43. The summed E-state index contributed by atoms with van der Waals surface area (Å²) < 4.78 is 1.16. The van der Waals surface area contributed by atoms with E-state index < -0.39 is 35.3 Å². The number of hydrogen-bond donors (Lipinski definition) is 3. The highest BCUT2D eigenvalue weighted by Crippen LogP contribution is 2.28. The number of benzene rings is 1. The van der Waals surface area contributed by atoms with Gasteiger partial charge in [0.2, 0.25) is 0 Å². The van der Waals surface area contributed by atoms with E-state index in [1.54, 1.807) is 12.1 Å². The zero-order chi connectivity index (χ0) is 19.7. The second-order valence-electron chi connectivity index (χ2n) is 6.10. The molecule has 0 aliphatic heterocycles. The van der Waals surface area contributed by atoms with E-state index in [0.29, 0.717) is 5.69 Å². The van der Waals surface area contributed by atoms with Gasteiger partial charge in [-0.25, -0.2) is 4.98 Å². The summed E-state index contributed by atoms with van der Waals surface area (Å²) >= 11 is 0. The Hall–Kier alpha value is -3.68. The number of nitrogens with one attached hydrogen (secondary N) is 1. The van der Waals surface area contributed by atoms with Crippen molar-refractivity contribution in [2.45, 2.75) is 6.92 Å². The Kier molecular flexibility index (Phi) is 4.64. The van der Waals surface area contributed by atoms with Crippen LogP contribution in [0.15, 0.2) is 41.2 Å². The molecule has 0 aliphatic rings. The Morgan fingerprint density at radius 1 is 1.15 bits per heavy atom. The Morgan fingerprint density at radius 3 is 2.44 bits per heavy atom. The molecule has 0 radical (unpaired) electrons. The van der Waals surface area contributed by atoms with Crippen molar-refractivity contribution in [1.29, 1.82) is 0 Å².